The molecule has 1 heterocycles. The fourth-order valence-electron chi connectivity index (χ4n) is 6.58. The van der Waals surface area contributed by atoms with E-state index in [-0.39, 0.29) is 28.8 Å². The number of nitrogens with zero attached hydrogens (tertiary/aromatic N) is 1. The zero-order valence-electron chi connectivity index (χ0n) is 15.1. The first-order valence-electron chi connectivity index (χ1n) is 9.56. The fraction of sp³-hybridized carbons (Fsp3) is 0.850. The first kappa shape index (κ1) is 16.3. The summed E-state index contributed by atoms with van der Waals surface area (Å²) in [6, 6.07) is 0. The van der Waals surface area contributed by atoms with Crippen molar-refractivity contribution in [1.29, 1.82) is 0 Å². The monoisotopic (exact) mass is 331 g/mol. The number of ketones is 1. The maximum atomic E-state index is 12.5. The van der Waals surface area contributed by atoms with Gasteiger partial charge in [0.1, 0.15) is 11.9 Å². The normalized spacial score (nSPS) is 51.0. The highest BCUT2D eigenvalue weighted by Gasteiger charge is 2.61. The van der Waals surface area contributed by atoms with E-state index in [0.717, 1.165) is 38.5 Å². The Balaban J connectivity index is 1.70. The van der Waals surface area contributed by atoms with Crippen LogP contribution in [0.3, 0.4) is 0 Å². The molecule has 24 heavy (non-hydrogen) atoms. The van der Waals surface area contributed by atoms with Gasteiger partial charge in [0, 0.05) is 31.0 Å². The molecule has 0 N–H and O–H groups in total. The van der Waals surface area contributed by atoms with Crippen molar-refractivity contribution < 1.29 is 14.3 Å². The highest BCUT2D eigenvalue weighted by molar-refractivity contribution is 5.88. The molecule has 4 rings (SSSR count). The summed E-state index contributed by atoms with van der Waals surface area (Å²) in [7, 11) is 1.84. The Morgan fingerprint density at radius 1 is 1.12 bits per heavy atom. The van der Waals surface area contributed by atoms with Crippen LogP contribution in [0.25, 0.3) is 0 Å². The van der Waals surface area contributed by atoms with E-state index in [1.54, 1.807) is 0 Å². The van der Waals surface area contributed by atoms with E-state index in [0.29, 0.717) is 30.0 Å². The molecule has 4 fully saturated rings. The largest absolute Gasteiger partial charge is 0.462 e. The summed E-state index contributed by atoms with van der Waals surface area (Å²) < 4.78 is 5.56. The van der Waals surface area contributed by atoms with E-state index in [9.17, 15) is 9.59 Å². The average Bonchev–Trinajstić information content (AvgIpc) is 3.03. The molecule has 0 amide bonds. The van der Waals surface area contributed by atoms with Gasteiger partial charge in [-0.1, -0.05) is 13.8 Å². The number of rotatable bonds is 2. The quantitative estimate of drug-likeness (QED) is 0.575. The Hall–Kier alpha value is -1.19. The minimum Gasteiger partial charge on any atom is -0.462 e. The lowest BCUT2D eigenvalue weighted by molar-refractivity contribution is -0.147. The van der Waals surface area contributed by atoms with Gasteiger partial charge in [0.25, 0.3) is 0 Å². The van der Waals surface area contributed by atoms with Gasteiger partial charge in [-0.15, -0.1) is 0 Å². The Labute approximate surface area is 144 Å². The maximum Gasteiger partial charge on any atom is 0.309 e. The lowest BCUT2D eigenvalue weighted by atomic mass is 9.50. The smallest absolute Gasteiger partial charge is 0.309 e. The molecule has 4 aliphatic rings. The molecule has 0 aromatic heterocycles. The van der Waals surface area contributed by atoms with Crippen LogP contribution in [0.4, 0.5) is 0 Å². The van der Waals surface area contributed by atoms with E-state index >= 15 is 0 Å². The lowest BCUT2D eigenvalue weighted by Gasteiger charge is -2.52. The second kappa shape index (κ2) is 5.40. The summed E-state index contributed by atoms with van der Waals surface area (Å²) in [5.41, 5.74) is -0.186. The summed E-state index contributed by atoms with van der Waals surface area (Å²) in [5, 5.41) is 0. The van der Waals surface area contributed by atoms with Crippen molar-refractivity contribution in [3.8, 4) is 0 Å². The van der Waals surface area contributed by atoms with Gasteiger partial charge in [-0.3, -0.25) is 9.59 Å². The summed E-state index contributed by atoms with van der Waals surface area (Å²) in [6.07, 6.45) is 8.89. The number of aliphatic imine (C=N–C) groups is 1. The molecule has 4 nitrogen and oxygen atoms in total. The predicted molar refractivity (Wildman–Crippen MR) is 91.8 cm³/mol. The molecule has 3 aliphatic carbocycles. The molecule has 4 heteroatoms. The Morgan fingerprint density at radius 3 is 2.67 bits per heavy atom. The summed E-state index contributed by atoms with van der Waals surface area (Å²) in [6.45, 7) is 4.48. The van der Waals surface area contributed by atoms with E-state index in [2.05, 4.69) is 25.1 Å². The van der Waals surface area contributed by atoms with Crippen molar-refractivity contribution >= 4 is 18.0 Å². The molecule has 3 saturated carbocycles. The molecule has 7 atom stereocenters. The summed E-state index contributed by atoms with van der Waals surface area (Å²) in [5.74, 6) is 1.63. The van der Waals surface area contributed by atoms with Crippen LogP contribution in [0.1, 0.15) is 58.8 Å². The van der Waals surface area contributed by atoms with Gasteiger partial charge in [-0.25, -0.2) is 0 Å². The molecule has 0 spiro atoms. The second-order valence-electron chi connectivity index (χ2n) is 9.01. The third-order valence-corrected chi connectivity index (χ3v) is 8.08. The number of fused-ring (bicyclic) bond motifs is 3. The molecule has 0 unspecified atom stereocenters. The lowest BCUT2D eigenvalue weighted by Crippen LogP contribution is -2.51. The molecule has 0 aromatic carbocycles. The molecular formula is C20H29NO3. The van der Waals surface area contributed by atoms with Crippen molar-refractivity contribution in [2.45, 2.75) is 64.9 Å². The Kier molecular flexibility index (Phi) is 3.67. The van der Waals surface area contributed by atoms with Crippen molar-refractivity contribution in [3.05, 3.63) is 0 Å². The third-order valence-electron chi connectivity index (χ3n) is 8.08. The zero-order valence-corrected chi connectivity index (χ0v) is 15.1. The van der Waals surface area contributed by atoms with Crippen molar-refractivity contribution in [2.75, 3.05) is 7.05 Å². The molecular weight excluding hydrogens is 302 g/mol. The minimum atomic E-state index is -0.175. The highest BCUT2D eigenvalue weighted by atomic mass is 16.6. The van der Waals surface area contributed by atoms with E-state index in [1.807, 2.05) is 7.05 Å². The van der Waals surface area contributed by atoms with Crippen LogP contribution in [0.2, 0.25) is 0 Å². The second-order valence-corrected chi connectivity index (χ2v) is 9.01. The first-order chi connectivity index (χ1) is 11.4. The number of carbonyl (C=O) groups excluding carboxylic acids is 2. The molecule has 132 valence electrons. The summed E-state index contributed by atoms with van der Waals surface area (Å²) >= 11 is 0. The number of Topliss-reactive ketones (excluding diaryl/α,β-unsaturated/α-hetero) is 1. The van der Waals surface area contributed by atoms with Crippen LogP contribution in [-0.4, -0.2) is 31.1 Å². The van der Waals surface area contributed by atoms with Gasteiger partial charge in [-0.05, 0) is 55.8 Å². The number of carbonyl (C=O) groups is 2. The first-order valence-corrected chi connectivity index (χ1v) is 9.56. The number of esters is 1. The van der Waals surface area contributed by atoms with Crippen molar-refractivity contribution in [1.82, 2.24) is 0 Å². The molecule has 1 saturated heterocycles. The van der Waals surface area contributed by atoms with Gasteiger partial charge < -0.3 is 9.73 Å². The van der Waals surface area contributed by atoms with E-state index < -0.39 is 0 Å². The zero-order chi connectivity index (χ0) is 17.1. The Bertz CT molecular complexity index is 600. The fourth-order valence-corrected chi connectivity index (χ4v) is 6.58. The topological polar surface area (TPSA) is 55.7 Å². The van der Waals surface area contributed by atoms with Crippen LogP contribution in [0.5, 0.6) is 0 Å². The van der Waals surface area contributed by atoms with Gasteiger partial charge >= 0.3 is 5.97 Å². The minimum absolute atomic E-state index is 0.0110. The molecule has 0 radical (unpaired) electrons. The van der Waals surface area contributed by atoms with Gasteiger partial charge in [-0.2, -0.15) is 0 Å². The number of ether oxygens (including phenoxy) is 1. The van der Waals surface area contributed by atoms with Crippen LogP contribution in [0.15, 0.2) is 4.99 Å². The molecule has 0 aromatic rings. The van der Waals surface area contributed by atoms with Gasteiger partial charge in [0.2, 0.25) is 0 Å². The van der Waals surface area contributed by atoms with Crippen molar-refractivity contribution in [2.24, 2.45) is 39.5 Å². The highest BCUT2D eigenvalue weighted by Crippen LogP contribution is 2.62. The van der Waals surface area contributed by atoms with E-state index in [1.165, 1.54) is 0 Å². The number of hydrogen-bond acceptors (Lipinski definition) is 4. The average molecular weight is 331 g/mol. The standard InChI is InChI=1S/C20H29NO3/c1-19(8-6-12-10-16(19)18(23)24-12)15-7-9-20(2)14(4-5-17(20)22)13(15)11-21-3/h11-16H,4-10H2,1-3H3/b21-11+/t12-,13+,14+,15+,16-,19-,20+/m1/s1. The van der Waals surface area contributed by atoms with Crippen LogP contribution in [0, 0.1) is 34.5 Å². The molecule has 2 bridgehead atoms. The molecule has 1 aliphatic heterocycles. The predicted octanol–water partition coefficient (Wildman–Crippen LogP) is 3.43. The third kappa shape index (κ3) is 2.07. The van der Waals surface area contributed by atoms with Crippen molar-refractivity contribution in [3.63, 3.8) is 0 Å². The van der Waals surface area contributed by atoms with Crippen LogP contribution < -0.4 is 0 Å². The van der Waals surface area contributed by atoms with Gasteiger partial charge in [0.05, 0.1) is 5.92 Å². The number of hydrogen-bond donors (Lipinski definition) is 0. The van der Waals surface area contributed by atoms with Crippen LogP contribution in [-0.2, 0) is 14.3 Å². The van der Waals surface area contributed by atoms with Gasteiger partial charge in [0.15, 0.2) is 0 Å². The van der Waals surface area contributed by atoms with E-state index in [4.69, 9.17) is 4.74 Å². The summed E-state index contributed by atoms with van der Waals surface area (Å²) in [4.78, 5) is 29.3. The SMILES string of the molecule is C/N=C/[C@@H]1[C@@H]([C@@]2(C)CC[C@@H]3C[C@@H]2C(=O)O3)CC[C@]2(C)C(=O)CC[C@@H]12. The Morgan fingerprint density at radius 2 is 1.92 bits per heavy atom. The maximum absolute atomic E-state index is 12.5. The van der Waals surface area contributed by atoms with Crippen LogP contribution >= 0.6 is 0 Å².